The number of benzene rings is 8. The third-order valence-electron chi connectivity index (χ3n) is 8.38. The van der Waals surface area contributed by atoms with E-state index in [9.17, 15) is 5.48 Å². The lowest BCUT2D eigenvalue weighted by Gasteiger charge is -2.18. The highest BCUT2D eigenvalue weighted by molar-refractivity contribution is 6.23. The molecule has 10 rings (SSSR count). The highest BCUT2D eigenvalue weighted by Gasteiger charge is 2.19. The fourth-order valence-electron chi connectivity index (χ4n) is 6.42. The summed E-state index contributed by atoms with van der Waals surface area (Å²) in [6.07, 6.45) is 0. The monoisotopic (exact) mass is 602 g/mol. The summed E-state index contributed by atoms with van der Waals surface area (Å²) in [5, 5.41) is 1.82. The van der Waals surface area contributed by atoms with Gasteiger partial charge < -0.3 is 8.83 Å². The van der Waals surface area contributed by atoms with Crippen LogP contribution in [0.15, 0.2) is 166 Å². The van der Waals surface area contributed by atoms with Crippen molar-refractivity contribution in [1.29, 1.82) is 0 Å². The number of hydrogen-bond acceptors (Lipinski definition) is 2. The molecule has 0 aliphatic rings. The van der Waals surface area contributed by atoms with Gasteiger partial charge in [-0.05, 0) is 91.3 Å². The molecule has 0 radical (unpaired) electrons. The first kappa shape index (κ1) is 14.3. The predicted octanol–water partition coefficient (Wildman–Crippen LogP) is 12.8. The van der Waals surface area contributed by atoms with Crippen molar-refractivity contribution in [2.24, 2.45) is 0 Å². The van der Waals surface area contributed by atoms with Crippen molar-refractivity contribution in [3.8, 4) is 33.4 Å². The second kappa shape index (κ2) is 9.69. The molecule has 0 N–H and O–H groups in total. The lowest BCUT2D eigenvalue weighted by atomic mass is 9.85. The Morgan fingerprint density at radius 2 is 1.02 bits per heavy atom. The lowest BCUT2D eigenvalue weighted by molar-refractivity contribution is 0.663. The Bertz CT molecular complexity index is 3660. The zero-order valence-electron chi connectivity index (χ0n) is 39.6. The minimum absolute atomic E-state index is 0.0737. The van der Waals surface area contributed by atoms with Crippen LogP contribution in [0, 0.1) is 0 Å². The topological polar surface area (TPSA) is 26.3 Å². The van der Waals surface area contributed by atoms with Crippen LogP contribution in [-0.4, -0.2) is 0 Å². The number of furan rings is 2. The zero-order valence-corrected chi connectivity index (χ0v) is 23.6. The fraction of sp³-hybridized carbons (Fsp3) is 0. The van der Waals surface area contributed by atoms with Gasteiger partial charge in [0, 0.05) is 16.2 Å². The van der Waals surface area contributed by atoms with Crippen molar-refractivity contribution in [1.82, 2.24) is 0 Å². The maximum absolute atomic E-state index is 9.68. The van der Waals surface area contributed by atoms with Gasteiger partial charge in [0.25, 0.3) is 0 Å². The van der Waals surface area contributed by atoms with Crippen molar-refractivity contribution < 1.29 is 30.8 Å². The zero-order chi connectivity index (χ0) is 44.1. The van der Waals surface area contributed by atoms with Crippen molar-refractivity contribution in [3.63, 3.8) is 0 Å². The van der Waals surface area contributed by atoms with Gasteiger partial charge in [0.1, 0.15) is 22.3 Å². The molecule has 10 aromatic rings. The molecule has 0 unspecified atom stereocenters. The van der Waals surface area contributed by atoms with E-state index < -0.39 is 119 Å². The van der Waals surface area contributed by atoms with E-state index in [0.717, 1.165) is 21.5 Å². The molecule has 0 atom stereocenters. The van der Waals surface area contributed by atoms with Gasteiger partial charge in [-0.25, -0.2) is 0 Å². The number of hydrogen-bond donors (Lipinski definition) is 0. The number of para-hydroxylation sites is 1. The molecule has 46 heavy (non-hydrogen) atoms. The summed E-state index contributed by atoms with van der Waals surface area (Å²) < 4.78 is 155. The van der Waals surface area contributed by atoms with Gasteiger partial charge >= 0.3 is 0 Å². The Kier molecular flexibility index (Phi) is 3.02. The molecular formula is C44H26O2. The molecule has 214 valence electrons. The smallest absolute Gasteiger partial charge is 0.147 e. The Morgan fingerprint density at radius 3 is 1.78 bits per heavy atom. The number of fused-ring (bicyclic) bond motifs is 9. The van der Waals surface area contributed by atoms with Gasteiger partial charge in [-0.3, -0.25) is 0 Å². The summed E-state index contributed by atoms with van der Waals surface area (Å²) in [4.78, 5) is 0. The van der Waals surface area contributed by atoms with E-state index in [1.54, 1.807) is 18.2 Å². The van der Waals surface area contributed by atoms with Crippen LogP contribution < -0.4 is 0 Å². The van der Waals surface area contributed by atoms with Crippen molar-refractivity contribution in [2.75, 3.05) is 0 Å². The molecule has 0 aliphatic carbocycles. The standard InChI is InChI=1S/C44H26O2/c1-3-11-27(12-4-1)41-32-15-7-8-16-33(32)42(28-13-5-2-6-14-28)37-25-29(20-22-34(37)41)30-19-21-31-35-23-24-39-43(44(35)46-40(31)26-30)36-17-9-10-18-38(36)45-39/h1-26H/i1D,2D,3D,4D,5D,6D,7D,8D,11D,12D,13D,14D,15D,16D,20D,22D. The third-order valence-corrected chi connectivity index (χ3v) is 8.38. The van der Waals surface area contributed by atoms with Gasteiger partial charge in [-0.1, -0.05) is 121 Å². The van der Waals surface area contributed by atoms with E-state index >= 15 is 0 Å². The Balaban J connectivity index is 1.41. The van der Waals surface area contributed by atoms with Crippen LogP contribution in [0.3, 0.4) is 0 Å². The molecule has 0 saturated carbocycles. The van der Waals surface area contributed by atoms with E-state index in [2.05, 4.69) is 0 Å². The molecule has 0 spiro atoms. The minimum Gasteiger partial charge on any atom is -0.456 e. The molecular weight excluding hydrogens is 560 g/mol. The highest BCUT2D eigenvalue weighted by Crippen LogP contribution is 2.45. The van der Waals surface area contributed by atoms with E-state index in [1.807, 2.05) is 36.4 Å². The van der Waals surface area contributed by atoms with Crippen LogP contribution in [0.1, 0.15) is 21.9 Å². The fourth-order valence-corrected chi connectivity index (χ4v) is 6.42. The van der Waals surface area contributed by atoms with Crippen LogP contribution in [-0.2, 0) is 0 Å². The first-order valence-corrected chi connectivity index (χ1v) is 14.4. The number of rotatable bonds is 3. The van der Waals surface area contributed by atoms with Crippen LogP contribution in [0.2, 0.25) is 0 Å². The van der Waals surface area contributed by atoms with E-state index in [4.69, 9.17) is 25.3 Å². The maximum Gasteiger partial charge on any atom is 0.147 e. The van der Waals surface area contributed by atoms with Crippen molar-refractivity contribution >= 4 is 65.4 Å². The van der Waals surface area contributed by atoms with Crippen molar-refractivity contribution in [3.05, 3.63) is 157 Å². The largest absolute Gasteiger partial charge is 0.456 e. The van der Waals surface area contributed by atoms with E-state index in [0.29, 0.717) is 27.9 Å². The average molecular weight is 603 g/mol. The first-order chi connectivity index (χ1) is 29.5. The maximum atomic E-state index is 9.68. The summed E-state index contributed by atoms with van der Waals surface area (Å²) in [5.74, 6) is 0. The van der Waals surface area contributed by atoms with Crippen LogP contribution in [0.4, 0.5) is 0 Å². The third kappa shape index (κ3) is 3.65. The molecule has 2 heterocycles. The minimum atomic E-state index is -0.781. The van der Waals surface area contributed by atoms with Gasteiger partial charge in [0.05, 0.1) is 27.3 Å². The SMILES string of the molecule is [2H]c1c([2H])c([2H])c(-c2c3cc(-c4ccc5c(c4)oc4c5ccc5oc6ccccc6c54)c([2H])c([2H])c3c(-c3c([2H])c([2H])c([2H])c([2H])c3[2H])c3c([2H])c([2H])c([2H])c([2H])c23)c([2H])c1[2H]. The van der Waals surface area contributed by atoms with E-state index in [1.165, 1.54) is 6.07 Å². The Hall–Kier alpha value is -6.12. The molecule has 0 aliphatic heterocycles. The summed E-state index contributed by atoms with van der Waals surface area (Å²) in [6, 6.07) is 6.25. The van der Waals surface area contributed by atoms with Crippen LogP contribution >= 0.6 is 0 Å². The molecule has 0 saturated heterocycles. The molecule has 0 amide bonds. The summed E-state index contributed by atoms with van der Waals surface area (Å²) >= 11 is 0. The second-order valence-corrected chi connectivity index (χ2v) is 10.8. The van der Waals surface area contributed by atoms with Crippen LogP contribution in [0.25, 0.3) is 98.8 Å². The van der Waals surface area contributed by atoms with Gasteiger partial charge in [0.2, 0.25) is 0 Å². The summed E-state index contributed by atoms with van der Waals surface area (Å²) in [5.41, 5.74) is 0.971. The van der Waals surface area contributed by atoms with Gasteiger partial charge in [-0.15, -0.1) is 0 Å². The van der Waals surface area contributed by atoms with Crippen molar-refractivity contribution in [2.45, 2.75) is 0 Å². The molecule has 0 bridgehead atoms. The average Bonchev–Trinajstić information content (AvgIpc) is 3.84. The summed E-state index contributed by atoms with van der Waals surface area (Å²) in [6.45, 7) is 0. The molecule has 2 nitrogen and oxygen atoms in total. The quantitative estimate of drug-likeness (QED) is 0.188. The van der Waals surface area contributed by atoms with E-state index in [-0.39, 0.29) is 27.5 Å². The van der Waals surface area contributed by atoms with Crippen LogP contribution in [0.5, 0.6) is 0 Å². The lowest BCUT2D eigenvalue weighted by Crippen LogP contribution is -1.91. The van der Waals surface area contributed by atoms with Gasteiger partial charge in [-0.2, -0.15) is 0 Å². The molecule has 0 fully saturated rings. The molecule has 2 heteroatoms. The Morgan fingerprint density at radius 1 is 0.370 bits per heavy atom. The first-order valence-electron chi connectivity index (χ1n) is 22.4. The second-order valence-electron chi connectivity index (χ2n) is 10.8. The molecule has 8 aromatic carbocycles. The summed E-state index contributed by atoms with van der Waals surface area (Å²) in [7, 11) is 0. The predicted molar refractivity (Wildman–Crippen MR) is 192 cm³/mol. The molecule has 2 aromatic heterocycles. The normalized spacial score (nSPS) is 16.8. The highest BCUT2D eigenvalue weighted by atomic mass is 16.3. The Labute approximate surface area is 287 Å². The van der Waals surface area contributed by atoms with Gasteiger partial charge in [0.15, 0.2) is 0 Å².